The molecule has 1 heterocycles. The van der Waals surface area contributed by atoms with Crippen LogP contribution in [-0.4, -0.2) is 21.2 Å². The fourth-order valence-corrected chi connectivity index (χ4v) is 2.37. The molecule has 0 saturated heterocycles. The summed E-state index contributed by atoms with van der Waals surface area (Å²) in [5.74, 6) is -1.20. The molecule has 22 heavy (non-hydrogen) atoms. The molecule has 0 aliphatic carbocycles. The van der Waals surface area contributed by atoms with Crippen LogP contribution in [0.3, 0.4) is 0 Å². The second kappa shape index (κ2) is 6.60. The maximum atomic E-state index is 13.3. The molecule has 1 aromatic heterocycles. The van der Waals surface area contributed by atoms with Crippen molar-refractivity contribution < 1.29 is 14.3 Å². The number of nitrogens with one attached hydrogen (secondary N) is 2. The number of aromatic nitrogens is 2. The standard InChI is InChI=1S/C16H20FN3O2/c1-9(12-4-6-15(21)14(17)8-12)18-16(22)7-5-13-10(2)19-20-11(13)3/h4,6,8-9,21H,5,7H2,1-3H3,(H,18,22)(H,19,20)/t9-/m0/s1. The first-order valence-electron chi connectivity index (χ1n) is 7.16. The second-order valence-electron chi connectivity index (χ2n) is 5.41. The molecule has 0 aliphatic heterocycles. The zero-order chi connectivity index (χ0) is 16.3. The van der Waals surface area contributed by atoms with Gasteiger partial charge in [-0.1, -0.05) is 6.07 Å². The number of hydrogen-bond acceptors (Lipinski definition) is 3. The molecule has 0 fully saturated rings. The molecule has 3 N–H and O–H groups in total. The van der Waals surface area contributed by atoms with Crippen LogP contribution in [0.15, 0.2) is 18.2 Å². The van der Waals surface area contributed by atoms with Crippen molar-refractivity contribution in [3.8, 4) is 5.75 Å². The molecule has 0 bridgehead atoms. The molecule has 2 aromatic rings. The van der Waals surface area contributed by atoms with Gasteiger partial charge in [0.05, 0.1) is 11.7 Å². The summed E-state index contributed by atoms with van der Waals surface area (Å²) in [5.41, 5.74) is 3.54. The van der Waals surface area contributed by atoms with Crippen molar-refractivity contribution in [2.45, 2.75) is 39.7 Å². The molecule has 1 atom stereocenters. The number of carbonyl (C=O) groups excluding carboxylic acids is 1. The van der Waals surface area contributed by atoms with Crippen LogP contribution in [0.25, 0.3) is 0 Å². The Balaban J connectivity index is 1.92. The van der Waals surface area contributed by atoms with E-state index in [2.05, 4.69) is 15.5 Å². The van der Waals surface area contributed by atoms with Crippen molar-refractivity contribution in [2.24, 2.45) is 0 Å². The van der Waals surface area contributed by atoms with Crippen LogP contribution in [0, 0.1) is 19.7 Å². The van der Waals surface area contributed by atoms with Crippen molar-refractivity contribution in [1.82, 2.24) is 15.5 Å². The van der Waals surface area contributed by atoms with Gasteiger partial charge in [0.25, 0.3) is 0 Å². The minimum absolute atomic E-state index is 0.110. The van der Waals surface area contributed by atoms with Gasteiger partial charge in [-0.3, -0.25) is 9.89 Å². The Morgan fingerprint density at radius 2 is 2.18 bits per heavy atom. The molecule has 118 valence electrons. The molecular formula is C16H20FN3O2. The predicted octanol–water partition coefficient (Wildman–Crippen LogP) is 2.68. The van der Waals surface area contributed by atoms with E-state index >= 15 is 0 Å². The maximum absolute atomic E-state index is 13.3. The number of benzene rings is 1. The highest BCUT2D eigenvalue weighted by Crippen LogP contribution is 2.21. The van der Waals surface area contributed by atoms with E-state index < -0.39 is 11.6 Å². The van der Waals surface area contributed by atoms with Crippen LogP contribution in [0.5, 0.6) is 5.75 Å². The van der Waals surface area contributed by atoms with Crippen LogP contribution in [0.2, 0.25) is 0 Å². The molecule has 1 amide bonds. The normalized spacial score (nSPS) is 12.2. The maximum Gasteiger partial charge on any atom is 0.220 e. The summed E-state index contributed by atoms with van der Waals surface area (Å²) in [6.45, 7) is 5.60. The monoisotopic (exact) mass is 305 g/mol. The smallest absolute Gasteiger partial charge is 0.220 e. The molecule has 5 nitrogen and oxygen atoms in total. The number of rotatable bonds is 5. The lowest BCUT2D eigenvalue weighted by Gasteiger charge is -2.14. The summed E-state index contributed by atoms with van der Waals surface area (Å²) >= 11 is 0. The quantitative estimate of drug-likeness (QED) is 0.794. The van der Waals surface area contributed by atoms with Gasteiger partial charge in [-0.15, -0.1) is 0 Å². The van der Waals surface area contributed by atoms with Gasteiger partial charge in [0, 0.05) is 12.1 Å². The first-order chi connectivity index (χ1) is 10.4. The molecule has 0 saturated carbocycles. The summed E-state index contributed by atoms with van der Waals surface area (Å²) < 4.78 is 13.3. The van der Waals surface area contributed by atoms with Crippen molar-refractivity contribution in [2.75, 3.05) is 0 Å². The zero-order valence-corrected chi connectivity index (χ0v) is 12.9. The third-order valence-corrected chi connectivity index (χ3v) is 3.73. The summed E-state index contributed by atoms with van der Waals surface area (Å²) in [7, 11) is 0. The van der Waals surface area contributed by atoms with E-state index in [-0.39, 0.29) is 11.9 Å². The van der Waals surface area contributed by atoms with Crippen LogP contribution in [0.4, 0.5) is 4.39 Å². The number of nitrogens with zero attached hydrogens (tertiary/aromatic N) is 1. The van der Waals surface area contributed by atoms with Gasteiger partial charge in [0.1, 0.15) is 0 Å². The third kappa shape index (κ3) is 3.63. The fraction of sp³-hybridized carbons (Fsp3) is 0.375. The molecule has 0 aliphatic rings. The Morgan fingerprint density at radius 3 is 2.77 bits per heavy atom. The molecule has 0 radical (unpaired) electrons. The Kier molecular flexibility index (Phi) is 4.80. The Morgan fingerprint density at radius 1 is 1.45 bits per heavy atom. The van der Waals surface area contributed by atoms with Gasteiger partial charge in [-0.25, -0.2) is 4.39 Å². The average molecular weight is 305 g/mol. The van der Waals surface area contributed by atoms with Crippen molar-refractivity contribution in [3.05, 3.63) is 46.5 Å². The largest absolute Gasteiger partial charge is 0.505 e. The van der Waals surface area contributed by atoms with Crippen LogP contribution < -0.4 is 5.32 Å². The van der Waals surface area contributed by atoms with Gasteiger partial charge in [-0.05, 0) is 50.5 Å². The van der Waals surface area contributed by atoms with E-state index in [4.69, 9.17) is 0 Å². The summed E-state index contributed by atoms with van der Waals surface area (Å²) in [6.07, 6.45) is 0.947. The molecular weight excluding hydrogens is 285 g/mol. The highest BCUT2D eigenvalue weighted by Gasteiger charge is 2.13. The third-order valence-electron chi connectivity index (χ3n) is 3.73. The fourth-order valence-electron chi connectivity index (χ4n) is 2.37. The number of phenolic OH excluding ortho intramolecular Hbond substituents is 1. The Labute approximate surface area is 128 Å². The first-order valence-corrected chi connectivity index (χ1v) is 7.16. The van der Waals surface area contributed by atoms with Gasteiger partial charge >= 0.3 is 0 Å². The number of amides is 1. The Hall–Kier alpha value is -2.37. The van der Waals surface area contributed by atoms with Crippen LogP contribution >= 0.6 is 0 Å². The van der Waals surface area contributed by atoms with Gasteiger partial charge in [0.15, 0.2) is 11.6 Å². The lowest BCUT2D eigenvalue weighted by Crippen LogP contribution is -2.27. The van der Waals surface area contributed by atoms with Gasteiger partial charge < -0.3 is 10.4 Å². The summed E-state index contributed by atoms with van der Waals surface area (Å²) in [4.78, 5) is 12.0. The van der Waals surface area contributed by atoms with Crippen molar-refractivity contribution in [1.29, 1.82) is 0 Å². The Bertz CT molecular complexity index is 663. The van der Waals surface area contributed by atoms with E-state index in [9.17, 15) is 14.3 Å². The van der Waals surface area contributed by atoms with Gasteiger partial charge in [0.2, 0.25) is 5.91 Å². The number of halogens is 1. The molecule has 0 unspecified atom stereocenters. The summed E-state index contributed by atoms with van der Waals surface area (Å²) in [6, 6.07) is 3.78. The zero-order valence-electron chi connectivity index (χ0n) is 12.9. The second-order valence-corrected chi connectivity index (χ2v) is 5.41. The predicted molar refractivity (Wildman–Crippen MR) is 81.0 cm³/mol. The minimum Gasteiger partial charge on any atom is -0.505 e. The number of carbonyl (C=O) groups is 1. The molecule has 0 spiro atoms. The van der Waals surface area contributed by atoms with Gasteiger partial charge in [-0.2, -0.15) is 5.10 Å². The van der Waals surface area contributed by atoms with E-state index in [1.54, 1.807) is 13.0 Å². The highest BCUT2D eigenvalue weighted by atomic mass is 19.1. The average Bonchev–Trinajstić information content (AvgIpc) is 2.78. The van der Waals surface area contributed by atoms with E-state index in [1.807, 2.05) is 13.8 Å². The first kappa shape index (κ1) is 16.0. The number of hydrogen-bond donors (Lipinski definition) is 3. The van der Waals surface area contributed by atoms with E-state index in [0.29, 0.717) is 18.4 Å². The van der Waals surface area contributed by atoms with Crippen molar-refractivity contribution >= 4 is 5.91 Å². The highest BCUT2D eigenvalue weighted by molar-refractivity contribution is 5.76. The number of aromatic amines is 1. The SMILES string of the molecule is Cc1n[nH]c(C)c1CCC(=O)N[C@@H](C)c1ccc(O)c(F)c1. The van der Waals surface area contributed by atoms with E-state index in [1.165, 1.54) is 12.1 Å². The topological polar surface area (TPSA) is 78.0 Å². The lowest BCUT2D eigenvalue weighted by atomic mass is 10.1. The number of aryl methyl sites for hydroxylation is 2. The number of H-pyrrole nitrogens is 1. The van der Waals surface area contributed by atoms with Crippen molar-refractivity contribution in [3.63, 3.8) is 0 Å². The number of phenols is 1. The molecule has 6 heteroatoms. The molecule has 2 rings (SSSR count). The molecule has 1 aromatic carbocycles. The van der Waals surface area contributed by atoms with Crippen LogP contribution in [-0.2, 0) is 11.2 Å². The number of aromatic hydroxyl groups is 1. The lowest BCUT2D eigenvalue weighted by molar-refractivity contribution is -0.121. The minimum atomic E-state index is -0.691. The van der Waals surface area contributed by atoms with E-state index in [0.717, 1.165) is 17.0 Å². The van der Waals surface area contributed by atoms with Crippen LogP contribution in [0.1, 0.15) is 41.9 Å². The summed E-state index contributed by atoms with van der Waals surface area (Å²) in [5, 5.41) is 19.0.